The second-order valence-electron chi connectivity index (χ2n) is 7.80. The summed E-state index contributed by atoms with van der Waals surface area (Å²) in [5.74, 6) is -1.68. The molecule has 4 rings (SSSR count). The molecule has 10 nitrogen and oxygen atoms in total. The van der Waals surface area contributed by atoms with Gasteiger partial charge in [-0.2, -0.15) is 13.2 Å². The van der Waals surface area contributed by atoms with E-state index in [2.05, 4.69) is 15.1 Å². The number of likely N-dealkylation sites (N-methyl/N-ethyl adjacent to an activating group) is 1. The van der Waals surface area contributed by atoms with E-state index in [1.807, 2.05) is 0 Å². The summed E-state index contributed by atoms with van der Waals surface area (Å²) in [5, 5.41) is 12.9. The first kappa shape index (κ1) is 22.4. The molecule has 1 aliphatic heterocycles. The molecule has 2 aromatic rings. The van der Waals surface area contributed by atoms with Gasteiger partial charge in [0.1, 0.15) is 17.7 Å². The molecular formula is C20H19F3N6O4. The lowest BCUT2D eigenvalue weighted by atomic mass is 10.1. The lowest BCUT2D eigenvalue weighted by Gasteiger charge is -2.12. The van der Waals surface area contributed by atoms with Gasteiger partial charge in [-0.1, -0.05) is 0 Å². The maximum atomic E-state index is 13.3. The van der Waals surface area contributed by atoms with Crippen LogP contribution in [0.1, 0.15) is 43.0 Å². The van der Waals surface area contributed by atoms with Crippen LogP contribution in [0.15, 0.2) is 24.2 Å². The topological polar surface area (TPSA) is 122 Å². The van der Waals surface area contributed by atoms with Crippen LogP contribution >= 0.6 is 0 Å². The van der Waals surface area contributed by atoms with E-state index in [1.165, 1.54) is 25.6 Å². The second-order valence-corrected chi connectivity index (χ2v) is 7.80. The number of hydrogen-bond donors (Lipinski definition) is 1. The Morgan fingerprint density at radius 1 is 1.27 bits per heavy atom. The first-order valence-corrected chi connectivity index (χ1v) is 10.1. The number of urea groups is 1. The second kappa shape index (κ2) is 8.30. The summed E-state index contributed by atoms with van der Waals surface area (Å²) in [4.78, 5) is 45.4. The number of rotatable bonds is 7. The number of pyridine rings is 1. The number of alkyl halides is 3. The quantitative estimate of drug-likeness (QED) is 0.494. The maximum Gasteiger partial charge on any atom is 0.433 e. The van der Waals surface area contributed by atoms with E-state index in [0.29, 0.717) is 5.69 Å². The molecule has 174 valence electrons. The molecule has 0 aromatic carbocycles. The third kappa shape index (κ3) is 4.71. The van der Waals surface area contributed by atoms with Crippen molar-refractivity contribution >= 4 is 24.1 Å². The molecular weight excluding hydrogens is 445 g/mol. The highest BCUT2D eigenvalue weighted by Gasteiger charge is 2.39. The largest absolute Gasteiger partial charge is 0.481 e. The third-order valence-corrected chi connectivity index (χ3v) is 5.27. The standard InChI is InChI=1S/C20H19F3N6O4/c1-27-14(18(32)29(19(27)33)6-2-3-16(30)31)9-28-10-24-17(26-28)12-7-13(11-4-5-11)25-15(8-12)20(21,22)23/h7-11H,2-6H2,1H3,(H,30,31)/b14-9-. The third-order valence-electron chi connectivity index (χ3n) is 5.27. The highest BCUT2D eigenvalue weighted by Crippen LogP contribution is 2.41. The Bertz CT molecular complexity index is 1150. The van der Waals surface area contributed by atoms with Gasteiger partial charge in [-0.25, -0.2) is 19.4 Å². The van der Waals surface area contributed by atoms with E-state index in [0.717, 1.165) is 33.4 Å². The molecule has 0 atom stereocenters. The van der Waals surface area contributed by atoms with Crippen LogP contribution in [0.4, 0.5) is 18.0 Å². The maximum absolute atomic E-state index is 13.3. The Balaban J connectivity index is 1.59. The van der Waals surface area contributed by atoms with Crippen molar-refractivity contribution in [1.82, 2.24) is 29.5 Å². The fraction of sp³-hybridized carbons (Fsp3) is 0.400. The number of aromatic nitrogens is 4. The Morgan fingerprint density at radius 2 is 2.00 bits per heavy atom. The van der Waals surface area contributed by atoms with Crippen molar-refractivity contribution in [3.63, 3.8) is 0 Å². The molecule has 2 fully saturated rings. The summed E-state index contributed by atoms with van der Waals surface area (Å²) in [6.07, 6.45) is -0.712. The van der Waals surface area contributed by atoms with Crippen LogP contribution < -0.4 is 0 Å². The predicted molar refractivity (Wildman–Crippen MR) is 106 cm³/mol. The summed E-state index contributed by atoms with van der Waals surface area (Å²) in [5.41, 5.74) is -0.572. The summed E-state index contributed by atoms with van der Waals surface area (Å²) < 4.78 is 41.0. The number of nitrogens with zero attached hydrogens (tertiary/aromatic N) is 6. The lowest BCUT2D eigenvalue weighted by molar-refractivity contribution is -0.141. The zero-order chi connectivity index (χ0) is 23.9. The average molecular weight is 464 g/mol. The van der Waals surface area contributed by atoms with Crippen LogP contribution in [0.3, 0.4) is 0 Å². The molecule has 3 amide bonds. The van der Waals surface area contributed by atoms with E-state index >= 15 is 0 Å². The number of halogens is 3. The van der Waals surface area contributed by atoms with E-state index in [1.54, 1.807) is 0 Å². The normalized spacial score (nSPS) is 18.0. The number of carbonyl (C=O) groups is 3. The minimum absolute atomic E-state index is 0.0133. The molecule has 0 spiro atoms. The van der Waals surface area contributed by atoms with Crippen molar-refractivity contribution < 1.29 is 32.7 Å². The number of imide groups is 1. The van der Waals surface area contributed by atoms with Crippen molar-refractivity contribution in [2.45, 2.75) is 37.8 Å². The van der Waals surface area contributed by atoms with Crippen LogP contribution in [-0.2, 0) is 15.8 Å². The van der Waals surface area contributed by atoms with E-state index in [-0.39, 0.29) is 42.4 Å². The molecule has 13 heteroatoms. The van der Waals surface area contributed by atoms with E-state index in [9.17, 15) is 27.6 Å². The molecule has 2 aliphatic rings. The highest BCUT2D eigenvalue weighted by atomic mass is 19.4. The minimum atomic E-state index is -4.62. The molecule has 0 unspecified atom stereocenters. The number of carboxylic acids is 1. The van der Waals surface area contributed by atoms with Gasteiger partial charge in [-0.05, 0) is 31.4 Å². The van der Waals surface area contributed by atoms with Crippen molar-refractivity contribution in [2.75, 3.05) is 13.6 Å². The smallest absolute Gasteiger partial charge is 0.433 e. The van der Waals surface area contributed by atoms with Gasteiger partial charge in [0.05, 0.1) is 6.20 Å². The Hall–Kier alpha value is -3.77. The summed E-state index contributed by atoms with van der Waals surface area (Å²) in [6.45, 7) is -0.0601. The molecule has 3 heterocycles. The van der Waals surface area contributed by atoms with Gasteiger partial charge >= 0.3 is 18.2 Å². The average Bonchev–Trinajstić information content (AvgIpc) is 3.47. The van der Waals surface area contributed by atoms with Crippen LogP contribution in [0, 0.1) is 0 Å². The fourth-order valence-corrected chi connectivity index (χ4v) is 3.39. The van der Waals surface area contributed by atoms with Crippen molar-refractivity contribution in [2.24, 2.45) is 0 Å². The van der Waals surface area contributed by atoms with Crippen molar-refractivity contribution in [3.05, 3.63) is 35.5 Å². The van der Waals surface area contributed by atoms with Crippen molar-refractivity contribution in [3.8, 4) is 11.4 Å². The summed E-state index contributed by atoms with van der Waals surface area (Å²) in [7, 11) is 1.38. The zero-order valence-corrected chi connectivity index (χ0v) is 17.4. The Labute approximate surface area is 185 Å². The van der Waals surface area contributed by atoms with Gasteiger partial charge < -0.3 is 5.11 Å². The molecule has 0 radical (unpaired) electrons. The first-order chi connectivity index (χ1) is 15.5. The first-order valence-electron chi connectivity index (χ1n) is 10.1. The van der Waals surface area contributed by atoms with Crippen LogP contribution in [0.5, 0.6) is 0 Å². The Kier molecular flexibility index (Phi) is 5.64. The number of aliphatic carboxylic acids is 1. The lowest BCUT2D eigenvalue weighted by Crippen LogP contribution is -2.32. The predicted octanol–water partition coefficient (Wildman–Crippen LogP) is 2.79. The number of carboxylic acid groups (broad SMARTS) is 1. The molecule has 1 saturated carbocycles. The monoisotopic (exact) mass is 464 g/mol. The molecule has 1 N–H and O–H groups in total. The number of amides is 3. The van der Waals surface area contributed by atoms with Crippen LogP contribution in [0.25, 0.3) is 17.6 Å². The van der Waals surface area contributed by atoms with Gasteiger partial charge in [0.25, 0.3) is 5.91 Å². The molecule has 1 aliphatic carbocycles. The van der Waals surface area contributed by atoms with Crippen molar-refractivity contribution in [1.29, 1.82) is 0 Å². The molecule has 2 aromatic heterocycles. The highest BCUT2D eigenvalue weighted by molar-refractivity contribution is 6.13. The summed E-state index contributed by atoms with van der Waals surface area (Å²) in [6, 6.07) is 1.79. The summed E-state index contributed by atoms with van der Waals surface area (Å²) >= 11 is 0. The molecule has 33 heavy (non-hydrogen) atoms. The Morgan fingerprint density at radius 3 is 2.64 bits per heavy atom. The van der Waals surface area contributed by atoms with Gasteiger partial charge in [0.15, 0.2) is 5.82 Å². The zero-order valence-electron chi connectivity index (χ0n) is 17.4. The SMILES string of the molecule is CN1C(=O)N(CCCC(=O)O)C(=O)/C1=C/n1cnc(-c2cc(C3CC3)nc(C(F)(F)F)c2)n1. The van der Waals surface area contributed by atoms with Gasteiger partial charge in [-0.3, -0.25) is 19.4 Å². The number of carbonyl (C=O) groups excluding carboxylic acids is 2. The molecule has 1 saturated heterocycles. The van der Waals surface area contributed by atoms with E-state index in [4.69, 9.17) is 5.11 Å². The van der Waals surface area contributed by atoms with E-state index < -0.39 is 29.8 Å². The van der Waals surface area contributed by atoms with Gasteiger partial charge in [0.2, 0.25) is 0 Å². The van der Waals surface area contributed by atoms with Gasteiger partial charge in [-0.15, -0.1) is 5.10 Å². The number of hydrogen-bond acceptors (Lipinski definition) is 6. The van der Waals surface area contributed by atoms with Crippen LogP contribution in [0.2, 0.25) is 0 Å². The molecule has 0 bridgehead atoms. The minimum Gasteiger partial charge on any atom is -0.481 e. The van der Waals surface area contributed by atoms with Gasteiger partial charge in [0, 0.05) is 37.2 Å². The fourth-order valence-electron chi connectivity index (χ4n) is 3.39. The van der Waals surface area contributed by atoms with Crippen LogP contribution in [-0.4, -0.2) is 66.2 Å².